The summed E-state index contributed by atoms with van der Waals surface area (Å²) >= 11 is 0. The summed E-state index contributed by atoms with van der Waals surface area (Å²) in [6.07, 6.45) is 4.68. The number of pyridine rings is 1. The number of benzene rings is 3. The number of allylic oxidation sites excluding steroid dienone is 1. The lowest BCUT2D eigenvalue weighted by Crippen LogP contribution is -2.66. The van der Waals surface area contributed by atoms with Gasteiger partial charge in [0.25, 0.3) is 8.32 Å². The van der Waals surface area contributed by atoms with Gasteiger partial charge in [0, 0.05) is 6.20 Å². The molecule has 0 bridgehead atoms. The first kappa shape index (κ1) is 32.1. The minimum absolute atomic E-state index is 0.00269. The predicted octanol–water partition coefficient (Wildman–Crippen LogP) is 6.18. The third kappa shape index (κ3) is 6.40. The highest BCUT2D eigenvalue weighted by Gasteiger charge is 2.52. The summed E-state index contributed by atoms with van der Waals surface area (Å²) in [7, 11) is -6.27. The zero-order valence-corrected chi connectivity index (χ0v) is 28.4. The van der Waals surface area contributed by atoms with Gasteiger partial charge >= 0.3 is 0 Å². The molecule has 0 aliphatic carbocycles. The van der Waals surface area contributed by atoms with Crippen LogP contribution in [-0.2, 0) is 19.0 Å². The lowest BCUT2D eigenvalue weighted by molar-refractivity contribution is 0.118. The van der Waals surface area contributed by atoms with Gasteiger partial charge in [-0.15, -0.1) is 0 Å². The summed E-state index contributed by atoms with van der Waals surface area (Å²) in [5.74, 6) is 0.194. The van der Waals surface area contributed by atoms with Crippen molar-refractivity contribution in [1.82, 2.24) is 4.98 Å². The molecule has 0 spiro atoms. The highest BCUT2D eigenvalue weighted by atomic mass is 32.2. The van der Waals surface area contributed by atoms with Crippen LogP contribution in [0.25, 0.3) is 11.6 Å². The van der Waals surface area contributed by atoms with Crippen molar-refractivity contribution in [3.63, 3.8) is 0 Å². The largest absolute Gasteiger partial charge is 0.508 e. The smallest absolute Gasteiger partial charge is 0.261 e. The fraction of sp³-hybridized carbons (Fsp3) is 0.289. The van der Waals surface area contributed by atoms with Crippen LogP contribution in [0.3, 0.4) is 0 Å². The van der Waals surface area contributed by atoms with E-state index < -0.39 is 23.4 Å². The summed E-state index contributed by atoms with van der Waals surface area (Å²) in [6.45, 7) is 7.09. The molecule has 46 heavy (non-hydrogen) atoms. The Morgan fingerprint density at radius 1 is 0.957 bits per heavy atom. The molecule has 3 aromatic carbocycles. The number of hydrogen-bond donors (Lipinski definition) is 1. The van der Waals surface area contributed by atoms with Gasteiger partial charge < -0.3 is 14.3 Å². The molecule has 2 atom stereocenters. The number of phenolic OH excluding ortho intramolecular Hbond substituents is 1. The van der Waals surface area contributed by atoms with Crippen LogP contribution in [0.1, 0.15) is 44.9 Å². The summed E-state index contributed by atoms with van der Waals surface area (Å²) < 4.78 is 40.4. The summed E-state index contributed by atoms with van der Waals surface area (Å²) in [4.78, 5) is 4.59. The average molecular weight is 652 g/mol. The van der Waals surface area contributed by atoms with Crippen LogP contribution >= 0.6 is 0 Å². The van der Waals surface area contributed by atoms with Gasteiger partial charge in [-0.1, -0.05) is 99.6 Å². The van der Waals surface area contributed by atoms with Gasteiger partial charge in [0.1, 0.15) is 11.0 Å². The Labute approximate surface area is 273 Å². The topological polar surface area (TPSA) is 85.7 Å². The number of nitrogens with zero attached hydrogens (tertiary/aromatic N) is 1. The Balaban J connectivity index is 1.33. The summed E-state index contributed by atoms with van der Waals surface area (Å²) in [5.41, 5.74) is 4.40. The van der Waals surface area contributed by atoms with Crippen molar-refractivity contribution in [1.29, 1.82) is 0 Å². The van der Waals surface area contributed by atoms with E-state index in [1.807, 2.05) is 48.5 Å². The minimum Gasteiger partial charge on any atom is -0.508 e. The molecule has 0 radical (unpaired) electrons. The molecule has 2 aliphatic rings. The molecular formula is C38H41NO5SSi. The highest BCUT2D eigenvalue weighted by Crippen LogP contribution is 2.42. The number of fused-ring (bicyclic) bond motifs is 1. The number of aromatic hydroxyl groups is 1. The SMILES string of the molecule is CC(C)(C)[Si](OCC1=C2[C@@H](CC/C(=C/c3cccc(O)c3)c3ccccn3)OC[C@@H]2S(=O)(=O)C1)(c1ccccc1)c1ccccc1. The van der Waals surface area contributed by atoms with Crippen molar-refractivity contribution in [3.05, 3.63) is 132 Å². The van der Waals surface area contributed by atoms with E-state index in [1.165, 1.54) is 0 Å². The first-order valence-corrected chi connectivity index (χ1v) is 19.4. The molecule has 238 valence electrons. The van der Waals surface area contributed by atoms with E-state index >= 15 is 0 Å². The number of ether oxygens (including phenoxy) is 1. The summed E-state index contributed by atoms with van der Waals surface area (Å²) in [6, 6.07) is 33.8. The predicted molar refractivity (Wildman–Crippen MR) is 187 cm³/mol. The van der Waals surface area contributed by atoms with E-state index in [9.17, 15) is 13.5 Å². The first-order chi connectivity index (χ1) is 22.1. The van der Waals surface area contributed by atoms with Gasteiger partial charge in [0.05, 0.1) is 30.8 Å². The van der Waals surface area contributed by atoms with Gasteiger partial charge in [0.2, 0.25) is 0 Å². The van der Waals surface area contributed by atoms with Gasteiger partial charge in [0.15, 0.2) is 9.84 Å². The molecule has 4 aromatic rings. The maximum atomic E-state index is 13.5. The van der Waals surface area contributed by atoms with Gasteiger partial charge in [-0.25, -0.2) is 8.42 Å². The quantitative estimate of drug-likeness (QED) is 0.163. The van der Waals surface area contributed by atoms with Crippen molar-refractivity contribution < 1.29 is 22.7 Å². The van der Waals surface area contributed by atoms with Crippen LogP contribution in [0.5, 0.6) is 5.75 Å². The van der Waals surface area contributed by atoms with E-state index in [2.05, 4.69) is 74.3 Å². The monoisotopic (exact) mass is 651 g/mol. The lowest BCUT2D eigenvalue weighted by Gasteiger charge is -2.43. The highest BCUT2D eigenvalue weighted by molar-refractivity contribution is 7.92. The molecule has 0 saturated carbocycles. The number of hydrogen-bond acceptors (Lipinski definition) is 6. The molecule has 0 unspecified atom stereocenters. The normalized spacial score (nSPS) is 19.8. The zero-order chi connectivity index (χ0) is 32.4. The molecular weight excluding hydrogens is 611 g/mol. The third-order valence-electron chi connectivity index (χ3n) is 9.12. The van der Waals surface area contributed by atoms with Crippen LogP contribution in [0.15, 0.2) is 120 Å². The molecule has 2 aliphatic heterocycles. The second-order valence-electron chi connectivity index (χ2n) is 13.1. The van der Waals surface area contributed by atoms with Crippen molar-refractivity contribution in [3.8, 4) is 5.75 Å². The molecule has 0 amide bonds. The average Bonchev–Trinajstić information content (AvgIpc) is 3.59. The van der Waals surface area contributed by atoms with Crippen LogP contribution in [0.4, 0.5) is 0 Å². The standard InChI is InChI=1S/C38H41NO5SSi/c1-38(2,3)46(32-15-6-4-7-16-32,33-17-8-5-9-18-33)44-25-30-27-45(41,42)36-26-43-35(37(30)36)21-20-29(34-19-10-11-22-39-34)23-28-13-12-14-31(40)24-28/h4-19,22-24,35-36,40H,20-21,25-27H2,1-3H3/b29-23-/t35-,36+/m1/s1. The van der Waals surface area contributed by atoms with E-state index in [4.69, 9.17) is 9.16 Å². The van der Waals surface area contributed by atoms with Gasteiger partial charge in [-0.2, -0.15) is 0 Å². The van der Waals surface area contributed by atoms with Crippen molar-refractivity contribution in [2.45, 2.75) is 50.0 Å². The number of sulfone groups is 1. The maximum absolute atomic E-state index is 13.5. The second kappa shape index (κ2) is 13.1. The van der Waals surface area contributed by atoms with E-state index in [0.717, 1.165) is 38.4 Å². The summed E-state index contributed by atoms with van der Waals surface area (Å²) in [5, 5.41) is 11.5. The van der Waals surface area contributed by atoms with Gasteiger partial charge in [-0.3, -0.25) is 4.98 Å². The molecule has 1 fully saturated rings. The number of aromatic nitrogens is 1. The molecule has 1 aromatic heterocycles. The molecule has 6 rings (SSSR count). The maximum Gasteiger partial charge on any atom is 0.261 e. The molecule has 6 nitrogen and oxygen atoms in total. The Hall–Kier alpha value is -3.82. The van der Waals surface area contributed by atoms with Crippen molar-refractivity contribution in [2.24, 2.45) is 0 Å². The zero-order valence-electron chi connectivity index (χ0n) is 26.6. The molecule has 3 heterocycles. The molecule has 8 heteroatoms. The lowest BCUT2D eigenvalue weighted by atomic mass is 9.95. The fourth-order valence-electron chi connectivity index (χ4n) is 7.02. The minimum atomic E-state index is -3.40. The van der Waals surface area contributed by atoms with Gasteiger partial charge in [-0.05, 0) is 80.9 Å². The van der Waals surface area contributed by atoms with Crippen LogP contribution < -0.4 is 10.4 Å². The first-order valence-electron chi connectivity index (χ1n) is 15.8. The second-order valence-corrected chi connectivity index (χ2v) is 19.6. The van der Waals surface area contributed by atoms with E-state index in [0.29, 0.717) is 12.8 Å². The van der Waals surface area contributed by atoms with Crippen LogP contribution in [-0.4, -0.2) is 57.1 Å². The van der Waals surface area contributed by atoms with E-state index in [-0.39, 0.29) is 35.9 Å². The Kier molecular flexibility index (Phi) is 9.16. The molecule has 1 saturated heterocycles. The Bertz CT molecular complexity index is 1790. The number of phenols is 1. The van der Waals surface area contributed by atoms with Crippen LogP contribution in [0.2, 0.25) is 5.04 Å². The molecule has 1 N–H and O–H groups in total. The van der Waals surface area contributed by atoms with Crippen LogP contribution in [0, 0.1) is 0 Å². The third-order valence-corrected chi connectivity index (χ3v) is 16.1. The fourth-order valence-corrected chi connectivity index (χ4v) is 13.5. The van der Waals surface area contributed by atoms with Crippen molar-refractivity contribution in [2.75, 3.05) is 19.0 Å². The Morgan fingerprint density at radius 2 is 1.63 bits per heavy atom. The van der Waals surface area contributed by atoms with E-state index in [1.54, 1.807) is 18.3 Å². The number of rotatable bonds is 10. The van der Waals surface area contributed by atoms with Crippen molar-refractivity contribution >= 4 is 40.2 Å². The Morgan fingerprint density at radius 3 is 2.24 bits per heavy atom.